The Balaban J connectivity index is 1.75. The summed E-state index contributed by atoms with van der Waals surface area (Å²) < 4.78 is 29.8. The Labute approximate surface area is 197 Å². The van der Waals surface area contributed by atoms with Gasteiger partial charge in [-0.1, -0.05) is 23.7 Å². The summed E-state index contributed by atoms with van der Waals surface area (Å²) in [6, 6.07) is 8.04. The van der Waals surface area contributed by atoms with Crippen molar-refractivity contribution in [2.75, 3.05) is 4.90 Å². The van der Waals surface area contributed by atoms with Crippen LogP contribution in [0.5, 0.6) is 0 Å². The number of aromatic nitrogens is 5. The molecule has 0 bridgehead atoms. The molecule has 1 aliphatic rings. The molecule has 1 amide bonds. The van der Waals surface area contributed by atoms with Crippen molar-refractivity contribution >= 4 is 34.8 Å². The van der Waals surface area contributed by atoms with Crippen molar-refractivity contribution in [3.8, 4) is 0 Å². The third-order valence-electron chi connectivity index (χ3n) is 5.89. The minimum absolute atomic E-state index is 0.0795. The van der Waals surface area contributed by atoms with Crippen molar-refractivity contribution in [3.05, 3.63) is 75.3 Å². The van der Waals surface area contributed by atoms with E-state index in [0.29, 0.717) is 27.4 Å². The molecule has 1 atom stereocenters. The molecule has 5 rings (SSSR count). The second-order valence-corrected chi connectivity index (χ2v) is 8.75. The van der Waals surface area contributed by atoms with Crippen molar-refractivity contribution in [3.63, 3.8) is 0 Å². The average molecular weight is 485 g/mol. The Kier molecular flexibility index (Phi) is 5.20. The molecule has 4 aromatic rings. The Bertz CT molecular complexity index is 1460. The molecule has 1 aliphatic heterocycles. The molecule has 1 unspecified atom stereocenters. The van der Waals surface area contributed by atoms with Crippen LogP contribution in [0.2, 0.25) is 5.02 Å². The lowest BCUT2D eigenvalue weighted by atomic mass is 10.0. The Morgan fingerprint density at radius 3 is 2.56 bits per heavy atom. The van der Waals surface area contributed by atoms with Crippen molar-refractivity contribution < 1.29 is 18.4 Å². The lowest BCUT2D eigenvalue weighted by Crippen LogP contribution is -2.31. The molecule has 0 fully saturated rings. The van der Waals surface area contributed by atoms with Gasteiger partial charge < -0.3 is 4.57 Å². The maximum absolute atomic E-state index is 13.8. The van der Waals surface area contributed by atoms with Crippen molar-refractivity contribution in [2.45, 2.75) is 32.7 Å². The van der Waals surface area contributed by atoms with E-state index in [9.17, 15) is 18.4 Å². The summed E-state index contributed by atoms with van der Waals surface area (Å²) in [6.07, 6.45) is -1.01. The summed E-state index contributed by atoms with van der Waals surface area (Å²) in [5, 5.41) is 12.2. The monoisotopic (exact) mass is 484 g/mol. The van der Waals surface area contributed by atoms with Crippen LogP contribution in [-0.4, -0.2) is 36.1 Å². The molecular formula is C23H19ClF2N6O2. The number of carbonyl (C=O) groups excluding carboxylic acids is 2. The Morgan fingerprint density at radius 1 is 1.21 bits per heavy atom. The van der Waals surface area contributed by atoms with Gasteiger partial charge in [0, 0.05) is 24.7 Å². The minimum atomic E-state index is -2.89. The first-order valence-corrected chi connectivity index (χ1v) is 10.8. The SMILES string of the molecule is CC(=O)Cc1cn(C)c2c1C(=O)N(c1cc(C)c3nnc(C(F)F)n3n1)C2c1ccc(Cl)cc1. The van der Waals surface area contributed by atoms with E-state index in [-0.39, 0.29) is 29.6 Å². The van der Waals surface area contributed by atoms with Crippen LogP contribution >= 0.6 is 11.6 Å². The van der Waals surface area contributed by atoms with Crippen molar-refractivity contribution in [2.24, 2.45) is 7.05 Å². The maximum atomic E-state index is 13.8. The predicted octanol–water partition coefficient (Wildman–Crippen LogP) is 4.24. The number of nitrogens with zero attached hydrogens (tertiary/aromatic N) is 6. The van der Waals surface area contributed by atoms with Gasteiger partial charge in [0.05, 0.1) is 11.3 Å². The number of carbonyl (C=O) groups is 2. The normalized spacial score (nSPS) is 15.6. The lowest BCUT2D eigenvalue weighted by Gasteiger charge is -2.26. The summed E-state index contributed by atoms with van der Waals surface area (Å²) in [7, 11) is 1.80. The van der Waals surface area contributed by atoms with Crippen LogP contribution in [0, 0.1) is 6.92 Å². The van der Waals surface area contributed by atoms with Gasteiger partial charge in [0.25, 0.3) is 12.3 Å². The number of hydrogen-bond donors (Lipinski definition) is 0. The highest BCUT2D eigenvalue weighted by Crippen LogP contribution is 2.43. The van der Waals surface area contributed by atoms with Gasteiger partial charge in [-0.2, -0.15) is 4.52 Å². The highest BCUT2D eigenvalue weighted by atomic mass is 35.5. The molecule has 174 valence electrons. The number of alkyl halides is 2. The zero-order valence-corrected chi connectivity index (χ0v) is 19.2. The first-order valence-electron chi connectivity index (χ1n) is 10.4. The molecule has 0 saturated carbocycles. The highest BCUT2D eigenvalue weighted by molar-refractivity contribution is 6.30. The summed E-state index contributed by atoms with van der Waals surface area (Å²) in [5.74, 6) is -0.889. The number of hydrogen-bond acceptors (Lipinski definition) is 5. The first-order chi connectivity index (χ1) is 16.2. The smallest absolute Gasteiger partial charge is 0.299 e. The van der Waals surface area contributed by atoms with Crippen LogP contribution in [0.1, 0.15) is 58.0 Å². The fraction of sp³-hybridized carbons (Fsp3) is 0.261. The second-order valence-electron chi connectivity index (χ2n) is 8.31. The molecule has 0 N–H and O–H groups in total. The van der Waals surface area contributed by atoms with Crippen LogP contribution in [0.3, 0.4) is 0 Å². The number of rotatable bonds is 5. The quantitative estimate of drug-likeness (QED) is 0.423. The van der Waals surface area contributed by atoms with E-state index in [0.717, 1.165) is 10.1 Å². The van der Waals surface area contributed by atoms with Crippen LogP contribution in [0.15, 0.2) is 36.5 Å². The van der Waals surface area contributed by atoms with Crippen LogP contribution < -0.4 is 4.90 Å². The van der Waals surface area contributed by atoms with E-state index in [1.54, 1.807) is 50.5 Å². The number of anilines is 1. The maximum Gasteiger partial charge on any atom is 0.299 e. The summed E-state index contributed by atoms with van der Waals surface area (Å²) in [4.78, 5) is 27.2. The van der Waals surface area contributed by atoms with Crippen molar-refractivity contribution in [1.29, 1.82) is 0 Å². The molecule has 0 saturated heterocycles. The van der Waals surface area contributed by atoms with E-state index >= 15 is 0 Å². The number of aryl methyl sites for hydroxylation is 2. The largest absolute Gasteiger partial charge is 0.351 e. The van der Waals surface area contributed by atoms with E-state index in [4.69, 9.17) is 11.6 Å². The topological polar surface area (TPSA) is 85.4 Å². The molecule has 1 aromatic carbocycles. The molecule has 34 heavy (non-hydrogen) atoms. The van der Waals surface area contributed by atoms with Gasteiger partial charge in [-0.05, 0) is 48.7 Å². The van der Waals surface area contributed by atoms with E-state index in [1.807, 2.05) is 4.57 Å². The summed E-state index contributed by atoms with van der Waals surface area (Å²) in [6.45, 7) is 3.15. The molecule has 11 heteroatoms. The summed E-state index contributed by atoms with van der Waals surface area (Å²) in [5.41, 5.74) is 3.17. The third kappa shape index (κ3) is 3.37. The third-order valence-corrected chi connectivity index (χ3v) is 6.14. The van der Waals surface area contributed by atoms with Crippen molar-refractivity contribution in [1.82, 2.24) is 24.4 Å². The van der Waals surface area contributed by atoms with Crippen LogP contribution in [0.25, 0.3) is 5.65 Å². The van der Waals surface area contributed by atoms with Gasteiger partial charge in [-0.15, -0.1) is 15.3 Å². The second kappa shape index (κ2) is 7.98. The van der Waals surface area contributed by atoms with Gasteiger partial charge in [-0.3, -0.25) is 14.5 Å². The Hall–Kier alpha value is -3.66. The first kappa shape index (κ1) is 22.1. The molecule has 8 nitrogen and oxygen atoms in total. The molecular weight excluding hydrogens is 466 g/mol. The molecule has 0 aliphatic carbocycles. The van der Waals surface area contributed by atoms with Gasteiger partial charge in [-0.25, -0.2) is 8.78 Å². The van der Waals surface area contributed by atoms with Crippen LogP contribution in [0.4, 0.5) is 14.6 Å². The van der Waals surface area contributed by atoms with Gasteiger partial charge in [0.2, 0.25) is 5.82 Å². The van der Waals surface area contributed by atoms with E-state index in [1.165, 1.54) is 11.8 Å². The number of benzene rings is 1. The number of ketones is 1. The fourth-order valence-corrected chi connectivity index (χ4v) is 4.64. The van der Waals surface area contributed by atoms with Gasteiger partial charge >= 0.3 is 0 Å². The number of halogens is 3. The average Bonchev–Trinajstić information content (AvgIpc) is 3.42. The van der Waals surface area contributed by atoms with E-state index in [2.05, 4.69) is 15.3 Å². The lowest BCUT2D eigenvalue weighted by molar-refractivity contribution is -0.116. The summed E-state index contributed by atoms with van der Waals surface area (Å²) >= 11 is 6.09. The molecule has 0 radical (unpaired) electrons. The van der Waals surface area contributed by atoms with Gasteiger partial charge in [0.1, 0.15) is 11.8 Å². The number of amides is 1. The standard InChI is InChI=1S/C23H19ClF2N6O2/c1-11-8-16(29-32-21(11)27-28-22(32)20(25)26)31-18(13-4-6-15(24)7-5-13)19-17(23(31)34)14(9-12(2)33)10-30(19)3/h4-8,10,18,20H,9H2,1-3H3. The molecule has 3 aromatic heterocycles. The minimum Gasteiger partial charge on any atom is -0.351 e. The van der Waals surface area contributed by atoms with Gasteiger partial charge in [0.15, 0.2) is 11.5 Å². The number of Topliss-reactive ketones (excluding diaryl/α,β-unsaturated/α-hetero) is 1. The predicted molar refractivity (Wildman–Crippen MR) is 120 cm³/mol. The fourth-order valence-electron chi connectivity index (χ4n) is 4.52. The zero-order valence-electron chi connectivity index (χ0n) is 18.5. The zero-order chi connectivity index (χ0) is 24.3. The highest BCUT2D eigenvalue weighted by Gasteiger charge is 2.44. The Morgan fingerprint density at radius 2 is 1.91 bits per heavy atom. The molecule has 4 heterocycles. The van der Waals surface area contributed by atoms with E-state index < -0.39 is 18.3 Å². The van der Waals surface area contributed by atoms with Crippen LogP contribution in [-0.2, 0) is 18.3 Å². The molecule has 0 spiro atoms. The number of fused-ring (bicyclic) bond motifs is 2.